The smallest absolute Gasteiger partial charge is 0.261 e. The second-order valence-electron chi connectivity index (χ2n) is 6.80. The van der Waals surface area contributed by atoms with E-state index in [1.165, 1.54) is 0 Å². The Labute approximate surface area is 159 Å². The highest BCUT2D eigenvalue weighted by molar-refractivity contribution is 5.76. The summed E-state index contributed by atoms with van der Waals surface area (Å²) in [6.07, 6.45) is 0.934. The zero-order valence-electron chi connectivity index (χ0n) is 15.9. The van der Waals surface area contributed by atoms with E-state index >= 15 is 0 Å². The fraction of sp³-hybridized carbons (Fsp3) is 0.429. The van der Waals surface area contributed by atoms with Gasteiger partial charge in [0.05, 0.1) is 18.7 Å². The Balaban J connectivity index is 1.70. The second-order valence-corrected chi connectivity index (χ2v) is 6.80. The lowest BCUT2D eigenvalue weighted by atomic mass is 10.1. The van der Waals surface area contributed by atoms with Gasteiger partial charge in [-0.15, -0.1) is 0 Å². The van der Waals surface area contributed by atoms with Crippen molar-refractivity contribution in [2.45, 2.75) is 32.7 Å². The Morgan fingerprint density at radius 2 is 1.96 bits per heavy atom. The van der Waals surface area contributed by atoms with Crippen molar-refractivity contribution in [2.75, 3.05) is 26.3 Å². The van der Waals surface area contributed by atoms with Crippen LogP contribution in [0.5, 0.6) is 0 Å². The molecular formula is C21H25N3O3. The highest BCUT2D eigenvalue weighted by atomic mass is 16.5. The monoisotopic (exact) mass is 367 g/mol. The van der Waals surface area contributed by atoms with Gasteiger partial charge in [0.15, 0.2) is 5.82 Å². The molecule has 1 atom stereocenters. The first kappa shape index (κ1) is 17.9. The number of ether oxygens (including phenoxy) is 1. The molecule has 1 aromatic carbocycles. The molecule has 1 aliphatic heterocycles. The van der Waals surface area contributed by atoms with E-state index in [9.17, 15) is 0 Å². The average molecular weight is 367 g/mol. The quantitative estimate of drug-likeness (QED) is 0.619. The standard InChI is InChI=1S/C21H25N3O3/c1-3-24(4-2)13-17-12-18(19(26-17)15-8-6-5-7-9-15)21-22-20(23-27-21)16-10-11-25-14-16/h5-9,12,16H,3-4,10-11,13-14H2,1-2H3. The van der Waals surface area contributed by atoms with Gasteiger partial charge in [0.1, 0.15) is 11.5 Å². The average Bonchev–Trinajstić information content (AvgIpc) is 3.46. The Hall–Kier alpha value is -2.44. The highest BCUT2D eigenvalue weighted by Gasteiger charge is 2.26. The van der Waals surface area contributed by atoms with Crippen molar-refractivity contribution in [3.63, 3.8) is 0 Å². The molecule has 0 bridgehead atoms. The first-order valence-electron chi connectivity index (χ1n) is 9.60. The Bertz CT molecular complexity index is 862. The Kier molecular flexibility index (Phi) is 5.36. The molecule has 0 aliphatic carbocycles. The minimum atomic E-state index is 0.213. The fourth-order valence-electron chi connectivity index (χ4n) is 3.40. The van der Waals surface area contributed by atoms with Crippen LogP contribution in [0.15, 0.2) is 45.3 Å². The van der Waals surface area contributed by atoms with E-state index in [2.05, 4.69) is 28.9 Å². The fourth-order valence-corrected chi connectivity index (χ4v) is 3.40. The van der Waals surface area contributed by atoms with Crippen LogP contribution in [0.3, 0.4) is 0 Å². The molecule has 1 saturated heterocycles. The largest absolute Gasteiger partial charge is 0.459 e. The van der Waals surface area contributed by atoms with E-state index in [0.717, 1.165) is 55.3 Å². The van der Waals surface area contributed by atoms with E-state index < -0.39 is 0 Å². The molecule has 3 heterocycles. The van der Waals surface area contributed by atoms with Gasteiger partial charge in [-0.3, -0.25) is 4.90 Å². The van der Waals surface area contributed by atoms with Crippen LogP contribution in [0.2, 0.25) is 0 Å². The molecule has 27 heavy (non-hydrogen) atoms. The lowest BCUT2D eigenvalue weighted by Crippen LogP contribution is -2.21. The molecule has 6 nitrogen and oxygen atoms in total. The first-order valence-corrected chi connectivity index (χ1v) is 9.60. The summed E-state index contributed by atoms with van der Waals surface area (Å²) in [5.74, 6) is 3.11. The van der Waals surface area contributed by atoms with E-state index in [0.29, 0.717) is 18.3 Å². The van der Waals surface area contributed by atoms with Gasteiger partial charge < -0.3 is 13.7 Å². The molecule has 0 saturated carbocycles. The van der Waals surface area contributed by atoms with Gasteiger partial charge in [-0.25, -0.2) is 0 Å². The summed E-state index contributed by atoms with van der Waals surface area (Å²) in [4.78, 5) is 6.96. The zero-order chi connectivity index (χ0) is 18.6. The number of nitrogens with zero attached hydrogens (tertiary/aromatic N) is 3. The minimum Gasteiger partial charge on any atom is -0.459 e. The molecule has 1 unspecified atom stereocenters. The van der Waals surface area contributed by atoms with Crippen molar-refractivity contribution in [3.05, 3.63) is 48.0 Å². The van der Waals surface area contributed by atoms with E-state index in [1.807, 2.05) is 36.4 Å². The zero-order valence-corrected chi connectivity index (χ0v) is 15.9. The second kappa shape index (κ2) is 8.06. The number of hydrogen-bond acceptors (Lipinski definition) is 6. The molecule has 0 spiro atoms. The van der Waals surface area contributed by atoms with Crippen molar-refractivity contribution in [3.8, 4) is 22.8 Å². The van der Waals surface area contributed by atoms with Gasteiger partial charge in [0.25, 0.3) is 5.89 Å². The van der Waals surface area contributed by atoms with Crippen molar-refractivity contribution in [1.29, 1.82) is 0 Å². The molecule has 3 aromatic rings. The molecule has 1 fully saturated rings. The molecule has 0 radical (unpaired) electrons. The number of rotatable bonds is 7. The third-order valence-electron chi connectivity index (χ3n) is 5.06. The topological polar surface area (TPSA) is 64.5 Å². The van der Waals surface area contributed by atoms with Gasteiger partial charge in [-0.05, 0) is 25.6 Å². The molecule has 142 valence electrons. The number of furan rings is 1. The Morgan fingerprint density at radius 3 is 2.67 bits per heavy atom. The Morgan fingerprint density at radius 1 is 1.15 bits per heavy atom. The third kappa shape index (κ3) is 3.82. The maximum absolute atomic E-state index is 6.23. The predicted octanol–water partition coefficient (Wildman–Crippen LogP) is 4.34. The molecule has 0 amide bonds. The number of aromatic nitrogens is 2. The summed E-state index contributed by atoms with van der Waals surface area (Å²) < 4.78 is 17.3. The minimum absolute atomic E-state index is 0.213. The van der Waals surface area contributed by atoms with Gasteiger partial charge >= 0.3 is 0 Å². The molecule has 4 rings (SSSR count). The first-order chi connectivity index (χ1) is 13.3. The van der Waals surface area contributed by atoms with Crippen molar-refractivity contribution in [2.24, 2.45) is 0 Å². The van der Waals surface area contributed by atoms with Crippen LogP contribution in [0.25, 0.3) is 22.8 Å². The van der Waals surface area contributed by atoms with Gasteiger partial charge in [-0.1, -0.05) is 49.3 Å². The summed E-state index contributed by atoms with van der Waals surface area (Å²) in [5, 5.41) is 4.19. The van der Waals surface area contributed by atoms with Crippen LogP contribution in [-0.2, 0) is 11.3 Å². The molecule has 0 N–H and O–H groups in total. The highest BCUT2D eigenvalue weighted by Crippen LogP contribution is 2.35. The van der Waals surface area contributed by atoms with Crippen LogP contribution in [0.4, 0.5) is 0 Å². The summed E-state index contributed by atoms with van der Waals surface area (Å²) in [5.41, 5.74) is 1.85. The van der Waals surface area contributed by atoms with Crippen LogP contribution in [0.1, 0.15) is 37.8 Å². The lowest BCUT2D eigenvalue weighted by molar-refractivity contribution is 0.192. The molecular weight excluding hydrogens is 342 g/mol. The van der Waals surface area contributed by atoms with Crippen LogP contribution < -0.4 is 0 Å². The summed E-state index contributed by atoms with van der Waals surface area (Å²) in [6.45, 7) is 8.41. The van der Waals surface area contributed by atoms with E-state index in [4.69, 9.17) is 13.7 Å². The SMILES string of the molecule is CCN(CC)Cc1cc(-c2nc(C3CCOC3)no2)c(-c2ccccc2)o1. The van der Waals surface area contributed by atoms with Crippen LogP contribution >= 0.6 is 0 Å². The summed E-state index contributed by atoms with van der Waals surface area (Å²) in [7, 11) is 0. The summed E-state index contributed by atoms with van der Waals surface area (Å²) >= 11 is 0. The van der Waals surface area contributed by atoms with E-state index in [1.54, 1.807) is 0 Å². The molecule has 1 aliphatic rings. The third-order valence-corrected chi connectivity index (χ3v) is 5.06. The van der Waals surface area contributed by atoms with Crippen LogP contribution in [-0.4, -0.2) is 41.3 Å². The lowest BCUT2D eigenvalue weighted by Gasteiger charge is -2.15. The predicted molar refractivity (Wildman–Crippen MR) is 102 cm³/mol. The maximum Gasteiger partial charge on any atom is 0.261 e. The summed E-state index contributed by atoms with van der Waals surface area (Å²) in [6, 6.07) is 12.1. The normalized spacial score (nSPS) is 17.1. The number of benzene rings is 1. The maximum atomic E-state index is 6.23. The van der Waals surface area contributed by atoms with Gasteiger partial charge in [-0.2, -0.15) is 4.98 Å². The van der Waals surface area contributed by atoms with E-state index in [-0.39, 0.29) is 5.92 Å². The van der Waals surface area contributed by atoms with Crippen molar-refractivity contribution in [1.82, 2.24) is 15.0 Å². The van der Waals surface area contributed by atoms with Gasteiger partial charge in [0.2, 0.25) is 0 Å². The van der Waals surface area contributed by atoms with Crippen LogP contribution in [0, 0.1) is 0 Å². The van der Waals surface area contributed by atoms with Crippen molar-refractivity contribution < 1.29 is 13.7 Å². The number of hydrogen-bond donors (Lipinski definition) is 0. The molecule has 6 heteroatoms. The van der Waals surface area contributed by atoms with Gasteiger partial charge in [0, 0.05) is 18.1 Å². The van der Waals surface area contributed by atoms with Crippen molar-refractivity contribution >= 4 is 0 Å². The molecule has 2 aromatic heterocycles.